The molecule has 4 aromatic rings. The molecule has 7 heteroatoms. The van der Waals surface area contributed by atoms with Gasteiger partial charge in [0.05, 0.1) is 6.67 Å². The fourth-order valence-electron chi connectivity index (χ4n) is 3.82. The fourth-order valence-corrected chi connectivity index (χ4v) is 3.82. The van der Waals surface area contributed by atoms with Gasteiger partial charge in [0.1, 0.15) is 11.3 Å². The topological polar surface area (TPSA) is 69.0 Å². The second-order valence-corrected chi connectivity index (χ2v) is 7.65. The number of aryl methyl sites for hydroxylation is 4. The highest BCUT2D eigenvalue weighted by molar-refractivity contribution is 5.95. The maximum absolute atomic E-state index is 13.4. The Hall–Kier alpha value is -3.61. The molecule has 6 nitrogen and oxygen atoms in total. The summed E-state index contributed by atoms with van der Waals surface area (Å²) in [5, 5.41) is 0.704. The van der Waals surface area contributed by atoms with E-state index in [9.17, 15) is 14.0 Å². The Morgan fingerprint density at radius 1 is 1.00 bits per heavy atom. The number of hydrogen-bond donors (Lipinski definition) is 1. The van der Waals surface area contributed by atoms with Crippen LogP contribution in [0.2, 0.25) is 0 Å². The van der Waals surface area contributed by atoms with E-state index in [1.165, 1.54) is 9.13 Å². The SMILES string of the molecule is Cc1cccc(C)c1Oc1c(-c2cn(C)c(=O)c3[nH]ccc23)ccn(CCCF)c1=O. The van der Waals surface area contributed by atoms with Crippen LogP contribution in [0.3, 0.4) is 0 Å². The predicted molar refractivity (Wildman–Crippen MR) is 120 cm³/mol. The number of fused-ring (bicyclic) bond motifs is 1. The summed E-state index contributed by atoms with van der Waals surface area (Å²) in [6.45, 7) is 3.59. The normalized spacial score (nSPS) is 11.2. The summed E-state index contributed by atoms with van der Waals surface area (Å²) in [6.07, 6.45) is 5.29. The number of alkyl halides is 1. The minimum atomic E-state index is -0.508. The number of aromatic nitrogens is 3. The Morgan fingerprint density at radius 2 is 1.74 bits per heavy atom. The second kappa shape index (κ2) is 8.26. The van der Waals surface area contributed by atoms with E-state index >= 15 is 0 Å². The molecule has 0 spiro atoms. The van der Waals surface area contributed by atoms with Crippen molar-refractivity contribution < 1.29 is 9.13 Å². The first-order chi connectivity index (χ1) is 14.9. The highest BCUT2D eigenvalue weighted by Gasteiger charge is 2.20. The van der Waals surface area contributed by atoms with Crippen molar-refractivity contribution >= 4 is 10.9 Å². The van der Waals surface area contributed by atoms with Crippen LogP contribution in [0.15, 0.2) is 58.5 Å². The van der Waals surface area contributed by atoms with Crippen molar-refractivity contribution in [1.82, 2.24) is 14.1 Å². The van der Waals surface area contributed by atoms with Crippen LogP contribution in [0.25, 0.3) is 22.0 Å². The zero-order valence-electron chi connectivity index (χ0n) is 17.7. The molecule has 0 aliphatic carbocycles. The molecule has 31 heavy (non-hydrogen) atoms. The number of nitrogens with zero attached hydrogens (tertiary/aromatic N) is 2. The van der Waals surface area contributed by atoms with Crippen LogP contribution in [0.4, 0.5) is 4.39 Å². The summed E-state index contributed by atoms with van der Waals surface area (Å²) in [7, 11) is 1.67. The average Bonchev–Trinajstić information content (AvgIpc) is 3.24. The van der Waals surface area contributed by atoms with Crippen LogP contribution in [0, 0.1) is 13.8 Å². The second-order valence-electron chi connectivity index (χ2n) is 7.65. The zero-order valence-corrected chi connectivity index (χ0v) is 17.7. The first-order valence-electron chi connectivity index (χ1n) is 10.1. The molecule has 0 unspecified atom stereocenters. The summed E-state index contributed by atoms with van der Waals surface area (Å²) in [5.41, 5.74) is 3.04. The van der Waals surface area contributed by atoms with Gasteiger partial charge in [-0.15, -0.1) is 0 Å². The van der Waals surface area contributed by atoms with E-state index in [2.05, 4.69) is 4.98 Å². The fraction of sp³-hybridized carbons (Fsp3) is 0.250. The lowest BCUT2D eigenvalue weighted by atomic mass is 10.0. The molecule has 0 aliphatic rings. The van der Waals surface area contributed by atoms with E-state index in [0.29, 0.717) is 27.8 Å². The molecule has 4 rings (SSSR count). The average molecular weight is 421 g/mol. The first-order valence-corrected chi connectivity index (χ1v) is 10.1. The van der Waals surface area contributed by atoms with Gasteiger partial charge in [0.2, 0.25) is 0 Å². The Bertz CT molecular complexity index is 1360. The van der Waals surface area contributed by atoms with Gasteiger partial charge in [-0.2, -0.15) is 0 Å². The summed E-state index contributed by atoms with van der Waals surface area (Å²) >= 11 is 0. The molecule has 1 aromatic carbocycles. The van der Waals surface area contributed by atoms with Crippen molar-refractivity contribution in [2.45, 2.75) is 26.8 Å². The number of hydrogen-bond acceptors (Lipinski definition) is 3. The Labute approximate surface area is 178 Å². The van der Waals surface area contributed by atoms with Crippen LogP contribution < -0.4 is 15.9 Å². The number of nitrogens with one attached hydrogen (secondary N) is 1. The molecule has 0 bridgehead atoms. The van der Waals surface area contributed by atoms with Crippen molar-refractivity contribution in [1.29, 1.82) is 0 Å². The number of halogens is 1. The molecule has 3 aromatic heterocycles. The van der Waals surface area contributed by atoms with Gasteiger partial charge in [-0.1, -0.05) is 18.2 Å². The molecular weight excluding hydrogens is 397 g/mol. The van der Waals surface area contributed by atoms with E-state index in [1.807, 2.05) is 38.1 Å². The molecule has 0 atom stereocenters. The molecule has 3 heterocycles. The molecular formula is C24H24FN3O3. The first kappa shape index (κ1) is 20.7. The van der Waals surface area contributed by atoms with Gasteiger partial charge in [-0.25, -0.2) is 0 Å². The smallest absolute Gasteiger partial charge is 0.294 e. The number of aromatic amines is 1. The van der Waals surface area contributed by atoms with Gasteiger partial charge >= 0.3 is 0 Å². The summed E-state index contributed by atoms with van der Waals surface area (Å²) in [4.78, 5) is 28.8. The number of rotatable bonds is 6. The predicted octanol–water partition coefficient (Wildman–Crippen LogP) is 4.46. The van der Waals surface area contributed by atoms with Crippen LogP contribution in [-0.2, 0) is 13.6 Å². The maximum atomic E-state index is 13.4. The van der Waals surface area contributed by atoms with Gasteiger partial charge in [0, 0.05) is 48.7 Å². The Morgan fingerprint density at radius 3 is 2.45 bits per heavy atom. The number of para-hydroxylation sites is 1. The molecule has 0 saturated heterocycles. The van der Waals surface area contributed by atoms with Gasteiger partial charge in [-0.3, -0.25) is 14.0 Å². The highest BCUT2D eigenvalue weighted by atomic mass is 19.1. The monoisotopic (exact) mass is 421 g/mol. The minimum Gasteiger partial charge on any atom is -0.450 e. The van der Waals surface area contributed by atoms with Crippen molar-refractivity contribution in [3.8, 4) is 22.6 Å². The van der Waals surface area contributed by atoms with E-state index < -0.39 is 6.67 Å². The minimum absolute atomic E-state index is 0.153. The van der Waals surface area contributed by atoms with Crippen LogP contribution in [0.1, 0.15) is 17.5 Å². The number of benzene rings is 1. The van der Waals surface area contributed by atoms with Crippen molar-refractivity contribution in [2.75, 3.05) is 6.67 Å². The lowest BCUT2D eigenvalue weighted by molar-refractivity contribution is 0.431. The number of pyridine rings is 2. The molecule has 0 saturated carbocycles. The molecule has 0 radical (unpaired) electrons. The summed E-state index contributed by atoms with van der Waals surface area (Å²) < 4.78 is 21.9. The van der Waals surface area contributed by atoms with Gasteiger partial charge in [-0.05, 0) is 43.5 Å². The molecule has 160 valence electrons. The quantitative estimate of drug-likeness (QED) is 0.500. The maximum Gasteiger partial charge on any atom is 0.294 e. The summed E-state index contributed by atoms with van der Waals surface area (Å²) in [5.74, 6) is 0.763. The van der Waals surface area contributed by atoms with Gasteiger partial charge in [0.25, 0.3) is 11.1 Å². The highest BCUT2D eigenvalue weighted by Crippen LogP contribution is 2.36. The lowest BCUT2D eigenvalue weighted by Gasteiger charge is -2.17. The Balaban J connectivity index is 1.98. The standard InChI is InChI=1S/C24H24FN3O3/c1-15-6-4-7-16(2)21(15)31-22-18(9-13-28(24(22)30)12-5-10-25)19-14-27(3)23(29)20-17(19)8-11-26-20/h4,6-9,11,13-14,26H,5,10,12H2,1-3H3. The summed E-state index contributed by atoms with van der Waals surface area (Å²) in [6, 6.07) is 9.36. The van der Waals surface area contributed by atoms with E-state index in [-0.39, 0.29) is 29.8 Å². The molecule has 1 N–H and O–H groups in total. The third-order valence-electron chi connectivity index (χ3n) is 5.45. The van der Waals surface area contributed by atoms with E-state index in [4.69, 9.17) is 4.74 Å². The van der Waals surface area contributed by atoms with Crippen molar-refractivity contribution in [3.63, 3.8) is 0 Å². The molecule has 0 fully saturated rings. The Kier molecular flexibility index (Phi) is 5.50. The molecule has 0 amide bonds. The third kappa shape index (κ3) is 3.67. The number of H-pyrrole nitrogens is 1. The number of ether oxygens (including phenoxy) is 1. The largest absolute Gasteiger partial charge is 0.450 e. The van der Waals surface area contributed by atoms with Crippen LogP contribution >= 0.6 is 0 Å². The van der Waals surface area contributed by atoms with Gasteiger partial charge in [0.15, 0.2) is 5.75 Å². The van der Waals surface area contributed by atoms with E-state index in [1.54, 1.807) is 31.7 Å². The van der Waals surface area contributed by atoms with Gasteiger partial charge < -0.3 is 18.9 Å². The van der Waals surface area contributed by atoms with Crippen LogP contribution in [-0.4, -0.2) is 20.8 Å². The zero-order chi connectivity index (χ0) is 22.1. The van der Waals surface area contributed by atoms with Crippen molar-refractivity contribution in [3.05, 3.63) is 80.8 Å². The van der Waals surface area contributed by atoms with E-state index in [0.717, 1.165) is 11.1 Å². The third-order valence-corrected chi connectivity index (χ3v) is 5.45. The molecule has 0 aliphatic heterocycles. The lowest BCUT2D eigenvalue weighted by Crippen LogP contribution is -2.22. The van der Waals surface area contributed by atoms with Crippen LogP contribution in [0.5, 0.6) is 11.5 Å². The van der Waals surface area contributed by atoms with Crippen molar-refractivity contribution in [2.24, 2.45) is 7.05 Å².